The molecule has 2 atom stereocenters. The highest BCUT2D eigenvalue weighted by Gasteiger charge is 2.31. The fraction of sp³-hybridized carbons (Fsp3) is 0.258. The van der Waals surface area contributed by atoms with Crippen LogP contribution < -0.4 is 27.4 Å². The largest absolute Gasteiger partial charge is 0.480 e. The zero-order valence-corrected chi connectivity index (χ0v) is 28.1. The van der Waals surface area contributed by atoms with E-state index in [-0.39, 0.29) is 13.1 Å². The minimum absolute atomic E-state index is 0.107. The molecule has 1 aromatic heterocycles. The molecule has 3 aromatic carbocycles. The number of benzene rings is 3. The summed E-state index contributed by atoms with van der Waals surface area (Å²) in [5, 5.41) is 18.1. The first-order valence-corrected chi connectivity index (χ1v) is 16.7. The van der Waals surface area contributed by atoms with E-state index in [9.17, 15) is 13.2 Å². The number of rotatable bonds is 14. The molecule has 0 saturated carbocycles. The second-order valence-electron chi connectivity index (χ2n) is 10.8. The maximum Gasteiger partial charge on any atom is 0.353 e. The van der Waals surface area contributed by atoms with E-state index < -0.39 is 28.5 Å². The van der Waals surface area contributed by atoms with Gasteiger partial charge in [0.05, 0.1) is 16.5 Å². The summed E-state index contributed by atoms with van der Waals surface area (Å²) < 4.78 is 45.4. The van der Waals surface area contributed by atoms with Crippen molar-refractivity contribution in [3.63, 3.8) is 0 Å². The second-order valence-corrected chi connectivity index (χ2v) is 12.6. The number of carboxylic acids is 1. The molecule has 16 heteroatoms. The zero-order valence-electron chi connectivity index (χ0n) is 26.5. The van der Waals surface area contributed by atoms with Crippen molar-refractivity contribution in [2.45, 2.75) is 34.2 Å². The van der Waals surface area contributed by atoms with E-state index in [2.05, 4.69) is 19.6 Å². The third-order valence-corrected chi connectivity index (χ3v) is 8.53. The Balaban J connectivity index is 1.15. The average Bonchev–Trinajstić information content (AvgIpc) is 3.53. The lowest BCUT2D eigenvalue weighted by atomic mass is 10.1. The molecule has 0 fully saturated rings. The first kappa shape index (κ1) is 33.4. The smallest absolute Gasteiger partial charge is 0.353 e. The molecule has 246 valence electrons. The SMILES string of the molecule is CC1=N[n+]2cn(CCNS(=O)Oc3cc(NS(=O)Oc4cc(C)ccc4C)ccc3C)nc2C1=Nc1ccc(N(C)CC(=O)O)cc1. The summed E-state index contributed by atoms with van der Waals surface area (Å²) in [5.41, 5.74) is 5.82. The van der Waals surface area contributed by atoms with Crippen LogP contribution in [0, 0.1) is 20.8 Å². The van der Waals surface area contributed by atoms with Crippen LogP contribution in [0.15, 0.2) is 77.1 Å². The first-order chi connectivity index (χ1) is 22.4. The molecule has 0 radical (unpaired) electrons. The predicted molar refractivity (Wildman–Crippen MR) is 181 cm³/mol. The number of aliphatic imine (C=N–C) groups is 1. The molecular weight excluding hydrogens is 645 g/mol. The number of nitrogens with one attached hydrogen (secondary N) is 2. The van der Waals surface area contributed by atoms with Crippen molar-refractivity contribution >= 4 is 57.0 Å². The quantitative estimate of drug-likeness (QED) is 0.171. The Morgan fingerprint density at radius 1 is 0.979 bits per heavy atom. The Labute approximate surface area is 277 Å². The number of carbonyl (C=O) groups is 1. The summed E-state index contributed by atoms with van der Waals surface area (Å²) in [7, 11) is 1.71. The summed E-state index contributed by atoms with van der Waals surface area (Å²) in [6.07, 6.45) is 1.72. The van der Waals surface area contributed by atoms with Gasteiger partial charge in [-0.15, -0.1) is 14.5 Å². The number of hydrogen-bond acceptors (Lipinski definition) is 9. The van der Waals surface area contributed by atoms with Crippen LogP contribution >= 0.6 is 0 Å². The lowest BCUT2D eigenvalue weighted by Crippen LogP contribution is -2.28. The van der Waals surface area contributed by atoms with Gasteiger partial charge in [0.1, 0.15) is 30.3 Å². The molecule has 4 aromatic rings. The molecule has 0 amide bonds. The highest BCUT2D eigenvalue weighted by molar-refractivity contribution is 7.82. The number of likely N-dealkylation sites (N-methyl/N-ethyl adjacent to an activating group) is 1. The Morgan fingerprint density at radius 2 is 1.66 bits per heavy atom. The molecule has 0 saturated heterocycles. The van der Waals surface area contributed by atoms with Crippen LogP contribution in [0.25, 0.3) is 0 Å². The van der Waals surface area contributed by atoms with E-state index in [0.29, 0.717) is 46.7 Å². The number of fused-ring (bicyclic) bond motifs is 1. The van der Waals surface area contributed by atoms with Crippen LogP contribution in [0.1, 0.15) is 29.4 Å². The number of hydrogen-bond donors (Lipinski definition) is 3. The predicted octanol–water partition coefficient (Wildman–Crippen LogP) is 3.29. The number of carboxylic acid groups (broad SMARTS) is 1. The van der Waals surface area contributed by atoms with E-state index in [4.69, 9.17) is 18.5 Å². The molecule has 0 spiro atoms. The lowest BCUT2D eigenvalue weighted by molar-refractivity contribution is -0.677. The zero-order chi connectivity index (χ0) is 33.7. The summed E-state index contributed by atoms with van der Waals surface area (Å²) in [6, 6.07) is 18.0. The highest BCUT2D eigenvalue weighted by Crippen LogP contribution is 2.25. The van der Waals surface area contributed by atoms with Crippen molar-refractivity contribution in [2.75, 3.05) is 29.8 Å². The highest BCUT2D eigenvalue weighted by atomic mass is 32.2. The van der Waals surface area contributed by atoms with Gasteiger partial charge in [-0.05, 0) is 80.8 Å². The van der Waals surface area contributed by atoms with Gasteiger partial charge < -0.3 is 18.4 Å². The molecule has 2 heterocycles. The number of aliphatic carboxylic acids is 1. The van der Waals surface area contributed by atoms with Crippen molar-refractivity contribution in [3.8, 4) is 11.5 Å². The van der Waals surface area contributed by atoms with Gasteiger partial charge in [-0.25, -0.2) is 9.71 Å². The Bertz CT molecular complexity index is 1910. The van der Waals surface area contributed by atoms with Crippen molar-refractivity contribution in [1.82, 2.24) is 14.5 Å². The minimum atomic E-state index is -1.87. The monoisotopic (exact) mass is 679 g/mol. The minimum Gasteiger partial charge on any atom is -0.480 e. The molecule has 0 aliphatic carbocycles. The fourth-order valence-electron chi connectivity index (χ4n) is 4.52. The van der Waals surface area contributed by atoms with E-state index in [1.807, 2.05) is 45.9 Å². The molecular formula is C31H35N8O6S2+. The summed E-state index contributed by atoms with van der Waals surface area (Å²) >= 11 is -3.73. The molecule has 1 aliphatic heterocycles. The third-order valence-electron chi connectivity index (χ3n) is 7.02. The van der Waals surface area contributed by atoms with Gasteiger partial charge in [0.2, 0.25) is 6.33 Å². The van der Waals surface area contributed by atoms with E-state index >= 15 is 0 Å². The van der Waals surface area contributed by atoms with Crippen LogP contribution in [0.4, 0.5) is 17.1 Å². The van der Waals surface area contributed by atoms with Crippen LogP contribution in [0.2, 0.25) is 0 Å². The van der Waals surface area contributed by atoms with Gasteiger partial charge in [0.15, 0.2) is 5.71 Å². The third kappa shape index (κ3) is 8.66. The van der Waals surface area contributed by atoms with Crippen LogP contribution in [0.3, 0.4) is 0 Å². The number of aromatic nitrogens is 3. The molecule has 0 bridgehead atoms. The fourth-order valence-corrected chi connectivity index (χ4v) is 5.88. The standard InChI is InChI=1S/C31H34N8O6S2/c1-20-6-7-21(2)27(16-20)45-47(43)36-25-9-8-22(3)28(17-25)44-46(42)32-14-15-38-19-39-31(35-38)30(23(4)34-39)33-24-10-12-26(13-11-24)37(5)18-29(40)41/h6-13,16-17,19,32,36H,14-15,18H2,1-5H3/p+1. The Morgan fingerprint density at radius 3 is 2.38 bits per heavy atom. The lowest BCUT2D eigenvalue weighted by Gasteiger charge is -2.16. The van der Waals surface area contributed by atoms with Gasteiger partial charge in [-0.2, -0.15) is 8.42 Å². The maximum absolute atomic E-state index is 12.7. The molecule has 14 nitrogen and oxygen atoms in total. The van der Waals surface area contributed by atoms with Gasteiger partial charge >= 0.3 is 23.1 Å². The maximum atomic E-state index is 12.7. The van der Waals surface area contributed by atoms with E-state index in [0.717, 1.165) is 22.4 Å². The van der Waals surface area contributed by atoms with Crippen LogP contribution in [-0.4, -0.2) is 60.8 Å². The summed E-state index contributed by atoms with van der Waals surface area (Å²) in [6.45, 7) is 8.01. The summed E-state index contributed by atoms with van der Waals surface area (Å²) in [4.78, 5) is 17.3. The van der Waals surface area contributed by atoms with Crippen molar-refractivity contribution in [3.05, 3.63) is 89.5 Å². The van der Waals surface area contributed by atoms with Crippen molar-refractivity contribution < 1.29 is 31.4 Å². The average molecular weight is 680 g/mol. The number of nitrogens with zero attached hydrogens (tertiary/aromatic N) is 6. The van der Waals surface area contributed by atoms with Crippen molar-refractivity contribution in [1.29, 1.82) is 0 Å². The van der Waals surface area contributed by atoms with Gasteiger partial charge in [-0.1, -0.05) is 18.2 Å². The first-order valence-electron chi connectivity index (χ1n) is 14.5. The topological polar surface area (TPSA) is 164 Å². The van der Waals surface area contributed by atoms with Gasteiger partial charge in [0, 0.05) is 25.3 Å². The Kier molecular flexibility index (Phi) is 10.4. The van der Waals surface area contributed by atoms with Gasteiger partial charge in [0.25, 0.3) is 11.3 Å². The van der Waals surface area contributed by atoms with Crippen LogP contribution in [0.5, 0.6) is 11.5 Å². The molecule has 3 N–H and O–H groups in total. The molecule has 2 unspecified atom stereocenters. The number of anilines is 2. The molecule has 1 aliphatic rings. The van der Waals surface area contributed by atoms with E-state index in [1.54, 1.807) is 70.1 Å². The molecule has 5 rings (SSSR count). The van der Waals surface area contributed by atoms with Gasteiger partial charge in [-0.3, -0.25) is 9.52 Å². The number of aryl methyl sites for hydroxylation is 3. The molecule has 47 heavy (non-hydrogen) atoms. The van der Waals surface area contributed by atoms with Crippen LogP contribution in [-0.2, 0) is 33.9 Å². The summed E-state index contributed by atoms with van der Waals surface area (Å²) in [5.74, 6) is 0.522. The second kappa shape index (κ2) is 14.7. The normalized spacial score (nSPS) is 14.3. The Hall–Kier alpha value is -4.93. The van der Waals surface area contributed by atoms with Crippen molar-refractivity contribution in [2.24, 2.45) is 10.1 Å². The van der Waals surface area contributed by atoms with E-state index in [1.165, 1.54) is 0 Å².